The van der Waals surface area contributed by atoms with E-state index >= 15 is 0 Å². The number of nitrogens with one attached hydrogen (secondary N) is 1. The Hall–Kier alpha value is -2.21. The predicted octanol–water partition coefficient (Wildman–Crippen LogP) is 3.48. The van der Waals surface area contributed by atoms with Gasteiger partial charge >= 0.3 is 0 Å². The summed E-state index contributed by atoms with van der Waals surface area (Å²) >= 11 is 3.35. The van der Waals surface area contributed by atoms with Crippen LogP contribution >= 0.6 is 15.9 Å². The molecule has 0 radical (unpaired) electrons. The molecule has 0 aliphatic carbocycles. The van der Waals surface area contributed by atoms with Crippen molar-refractivity contribution >= 4 is 27.5 Å². The third-order valence-corrected chi connectivity index (χ3v) is 3.33. The second-order valence-electron chi connectivity index (χ2n) is 4.34. The van der Waals surface area contributed by atoms with Crippen molar-refractivity contribution in [3.05, 3.63) is 46.9 Å². The zero-order valence-corrected chi connectivity index (χ0v) is 13.8. The van der Waals surface area contributed by atoms with Crippen molar-refractivity contribution in [1.29, 1.82) is 0 Å². The van der Waals surface area contributed by atoms with E-state index in [9.17, 15) is 4.79 Å². The summed E-state index contributed by atoms with van der Waals surface area (Å²) in [5.74, 6) is 1.15. The van der Waals surface area contributed by atoms with Gasteiger partial charge in [-0.05, 0) is 30.3 Å². The van der Waals surface area contributed by atoms with E-state index in [4.69, 9.17) is 14.2 Å². The topological polar surface area (TPSA) is 56.8 Å². The molecule has 0 atom stereocenters. The molecule has 1 amide bonds. The maximum absolute atomic E-state index is 12.0. The number of amides is 1. The Morgan fingerprint density at radius 3 is 2.32 bits per heavy atom. The molecule has 0 fully saturated rings. The summed E-state index contributed by atoms with van der Waals surface area (Å²) in [6, 6.07) is 12.6. The van der Waals surface area contributed by atoms with Gasteiger partial charge in [0.1, 0.15) is 0 Å². The normalized spacial score (nSPS) is 9.95. The maximum atomic E-state index is 12.0. The number of anilines is 1. The largest absolute Gasteiger partial charge is 0.493 e. The summed E-state index contributed by atoms with van der Waals surface area (Å²) in [5.41, 5.74) is 0.690. The van der Waals surface area contributed by atoms with Gasteiger partial charge in [-0.15, -0.1) is 0 Å². The molecule has 0 saturated heterocycles. The van der Waals surface area contributed by atoms with E-state index < -0.39 is 0 Å². The van der Waals surface area contributed by atoms with Gasteiger partial charge in [0.25, 0.3) is 5.91 Å². The van der Waals surface area contributed by atoms with Gasteiger partial charge < -0.3 is 19.5 Å². The molecule has 2 aromatic rings. The summed E-state index contributed by atoms with van der Waals surface area (Å²) in [6.45, 7) is -0.150. The lowest BCUT2D eigenvalue weighted by molar-refractivity contribution is -0.118. The van der Waals surface area contributed by atoms with Gasteiger partial charge in [0.15, 0.2) is 18.1 Å². The molecule has 2 rings (SSSR count). The van der Waals surface area contributed by atoms with Crippen molar-refractivity contribution < 1.29 is 19.0 Å². The number of carbonyl (C=O) groups is 1. The van der Waals surface area contributed by atoms with Crippen LogP contribution < -0.4 is 19.5 Å². The summed E-state index contributed by atoms with van der Waals surface area (Å²) < 4.78 is 16.8. The van der Waals surface area contributed by atoms with Crippen LogP contribution in [0.25, 0.3) is 0 Å². The molecule has 2 aromatic carbocycles. The number of hydrogen-bond acceptors (Lipinski definition) is 4. The van der Waals surface area contributed by atoms with Gasteiger partial charge in [0.2, 0.25) is 5.75 Å². The van der Waals surface area contributed by atoms with Gasteiger partial charge in [-0.2, -0.15) is 0 Å². The first kappa shape index (κ1) is 16.2. The molecular weight excluding hydrogens is 350 g/mol. The van der Waals surface area contributed by atoms with E-state index in [-0.39, 0.29) is 12.5 Å². The third kappa shape index (κ3) is 4.14. The van der Waals surface area contributed by atoms with Gasteiger partial charge in [0, 0.05) is 10.2 Å². The molecule has 6 heteroatoms. The van der Waals surface area contributed by atoms with Crippen LogP contribution in [0.4, 0.5) is 5.69 Å². The fourth-order valence-corrected chi connectivity index (χ4v) is 2.26. The Morgan fingerprint density at radius 2 is 1.73 bits per heavy atom. The van der Waals surface area contributed by atoms with E-state index in [1.54, 1.807) is 24.3 Å². The molecule has 5 nitrogen and oxygen atoms in total. The summed E-state index contributed by atoms with van der Waals surface area (Å²) in [7, 11) is 3.06. The number of ether oxygens (including phenoxy) is 3. The Balaban J connectivity index is 2.02. The summed E-state index contributed by atoms with van der Waals surface area (Å²) in [5, 5.41) is 2.75. The van der Waals surface area contributed by atoms with E-state index in [1.807, 2.05) is 18.2 Å². The molecule has 116 valence electrons. The van der Waals surface area contributed by atoms with Crippen LogP contribution in [0.1, 0.15) is 0 Å². The number of benzene rings is 2. The molecule has 0 bridgehead atoms. The fourth-order valence-electron chi connectivity index (χ4n) is 1.86. The Kier molecular flexibility index (Phi) is 5.66. The standard InChI is InChI=1S/C16H16BrNO4/c1-20-13-7-4-8-14(21-2)16(13)22-10-15(19)18-12-6-3-5-11(17)9-12/h3-9H,10H2,1-2H3,(H,18,19). The second kappa shape index (κ2) is 7.70. The minimum atomic E-state index is -0.272. The van der Waals surface area contributed by atoms with Crippen molar-refractivity contribution in [3.8, 4) is 17.2 Å². The van der Waals surface area contributed by atoms with Crippen LogP contribution in [-0.2, 0) is 4.79 Å². The van der Waals surface area contributed by atoms with Gasteiger partial charge in [0.05, 0.1) is 14.2 Å². The first-order chi connectivity index (χ1) is 10.6. The predicted molar refractivity (Wildman–Crippen MR) is 87.8 cm³/mol. The first-order valence-corrected chi connectivity index (χ1v) is 7.32. The molecule has 0 saturated carbocycles. The molecule has 0 unspecified atom stereocenters. The van der Waals surface area contributed by atoms with E-state index in [1.165, 1.54) is 14.2 Å². The van der Waals surface area contributed by atoms with Crippen molar-refractivity contribution in [1.82, 2.24) is 0 Å². The van der Waals surface area contributed by atoms with Crippen molar-refractivity contribution in [2.75, 3.05) is 26.1 Å². The highest BCUT2D eigenvalue weighted by molar-refractivity contribution is 9.10. The SMILES string of the molecule is COc1cccc(OC)c1OCC(=O)Nc1cccc(Br)c1. The number of hydrogen-bond donors (Lipinski definition) is 1. The maximum Gasteiger partial charge on any atom is 0.262 e. The average Bonchev–Trinajstić information content (AvgIpc) is 2.52. The van der Waals surface area contributed by atoms with Gasteiger partial charge in [-0.25, -0.2) is 0 Å². The molecule has 1 N–H and O–H groups in total. The number of halogens is 1. The number of carbonyl (C=O) groups excluding carboxylic acids is 1. The zero-order valence-electron chi connectivity index (χ0n) is 12.3. The molecule has 0 spiro atoms. The Labute approximate surface area is 137 Å². The van der Waals surface area contributed by atoms with Crippen molar-refractivity contribution in [3.63, 3.8) is 0 Å². The number of para-hydroxylation sites is 1. The van der Waals surface area contributed by atoms with Crippen molar-refractivity contribution in [2.24, 2.45) is 0 Å². The molecule has 0 aliphatic rings. The lowest BCUT2D eigenvalue weighted by Crippen LogP contribution is -2.20. The van der Waals surface area contributed by atoms with Crippen LogP contribution in [0.15, 0.2) is 46.9 Å². The highest BCUT2D eigenvalue weighted by atomic mass is 79.9. The number of methoxy groups -OCH3 is 2. The highest BCUT2D eigenvalue weighted by Crippen LogP contribution is 2.36. The Bertz CT molecular complexity index is 638. The summed E-state index contributed by atoms with van der Waals surface area (Å²) in [4.78, 5) is 12.0. The van der Waals surface area contributed by atoms with Crippen LogP contribution in [0.3, 0.4) is 0 Å². The fraction of sp³-hybridized carbons (Fsp3) is 0.188. The molecule has 22 heavy (non-hydrogen) atoms. The molecule has 0 aromatic heterocycles. The van der Waals surface area contributed by atoms with Gasteiger partial charge in [-0.3, -0.25) is 4.79 Å². The van der Waals surface area contributed by atoms with Crippen molar-refractivity contribution in [2.45, 2.75) is 0 Å². The molecular formula is C16H16BrNO4. The highest BCUT2D eigenvalue weighted by Gasteiger charge is 2.13. The lowest BCUT2D eigenvalue weighted by Gasteiger charge is -2.14. The monoisotopic (exact) mass is 365 g/mol. The van der Waals surface area contributed by atoms with Gasteiger partial charge in [-0.1, -0.05) is 28.1 Å². The summed E-state index contributed by atoms with van der Waals surface area (Å²) in [6.07, 6.45) is 0. The first-order valence-electron chi connectivity index (χ1n) is 6.53. The van der Waals surface area contributed by atoms with Crippen LogP contribution in [-0.4, -0.2) is 26.7 Å². The minimum absolute atomic E-state index is 0.150. The lowest BCUT2D eigenvalue weighted by atomic mass is 10.3. The Morgan fingerprint density at radius 1 is 1.09 bits per heavy atom. The average molecular weight is 366 g/mol. The zero-order chi connectivity index (χ0) is 15.9. The van der Waals surface area contributed by atoms with E-state index in [0.29, 0.717) is 22.9 Å². The van der Waals surface area contributed by atoms with E-state index in [2.05, 4.69) is 21.2 Å². The quantitative estimate of drug-likeness (QED) is 0.851. The number of rotatable bonds is 6. The second-order valence-corrected chi connectivity index (χ2v) is 5.25. The van der Waals surface area contributed by atoms with E-state index in [0.717, 1.165) is 4.47 Å². The minimum Gasteiger partial charge on any atom is -0.493 e. The van der Waals surface area contributed by atoms with Crippen LogP contribution in [0.5, 0.6) is 17.2 Å². The smallest absolute Gasteiger partial charge is 0.262 e. The molecule has 0 heterocycles. The van der Waals surface area contributed by atoms with Crippen LogP contribution in [0.2, 0.25) is 0 Å². The van der Waals surface area contributed by atoms with Crippen LogP contribution in [0, 0.1) is 0 Å². The third-order valence-electron chi connectivity index (χ3n) is 2.84. The molecule has 0 aliphatic heterocycles.